The van der Waals surface area contributed by atoms with Crippen molar-refractivity contribution in [3.05, 3.63) is 66.8 Å². The third kappa shape index (κ3) is 2.85. The van der Waals surface area contributed by atoms with Crippen LogP contribution in [0.25, 0.3) is 0 Å². The minimum absolute atomic E-state index is 0.365. The van der Waals surface area contributed by atoms with E-state index in [9.17, 15) is 9.90 Å². The topological polar surface area (TPSA) is 40.1 Å². The third-order valence-electron chi connectivity index (χ3n) is 2.37. The lowest BCUT2D eigenvalue weighted by molar-refractivity contribution is -0.598. The molecule has 0 radical (unpaired) electrons. The standard InChI is InChI=1S/C14H11IO2/c1-10-6-5-9-12(13(10)14(16)17)15-11-7-3-2-4-8-11/h2-9H,1H3. The van der Waals surface area contributed by atoms with Crippen LogP contribution in [0.15, 0.2) is 48.5 Å². The number of aromatic carboxylic acids is 1. The number of rotatable bonds is 3. The molecule has 86 valence electrons. The number of aryl methyl sites for hydroxylation is 1. The van der Waals surface area contributed by atoms with Crippen molar-refractivity contribution >= 4 is 5.97 Å². The van der Waals surface area contributed by atoms with Gasteiger partial charge in [0.05, 0.1) is 11.5 Å². The van der Waals surface area contributed by atoms with Crippen LogP contribution in [0.2, 0.25) is 0 Å². The number of benzene rings is 2. The minimum atomic E-state index is -1.08. The average Bonchev–Trinajstić information content (AvgIpc) is 2.30. The summed E-state index contributed by atoms with van der Waals surface area (Å²) in [5.74, 6) is -1.08. The third-order valence-corrected chi connectivity index (χ3v) is 5.19. The second-order valence-corrected chi connectivity index (χ2v) is 6.56. The molecule has 2 rings (SSSR count). The molecule has 0 bridgehead atoms. The summed E-state index contributed by atoms with van der Waals surface area (Å²) in [6.45, 7) is 1.81. The van der Waals surface area contributed by atoms with Crippen molar-refractivity contribution in [3.8, 4) is 0 Å². The second-order valence-electron chi connectivity index (χ2n) is 3.61. The number of carbonyl (C=O) groups is 1. The minimum Gasteiger partial charge on any atom is -0.545 e. The van der Waals surface area contributed by atoms with Crippen LogP contribution in [-0.4, -0.2) is 5.97 Å². The Morgan fingerprint density at radius 2 is 1.76 bits per heavy atom. The van der Waals surface area contributed by atoms with Gasteiger partial charge in [0.15, 0.2) is 3.57 Å². The van der Waals surface area contributed by atoms with E-state index in [2.05, 4.69) is 0 Å². The summed E-state index contributed by atoms with van der Waals surface area (Å²) in [7, 11) is 0. The molecule has 0 atom stereocenters. The van der Waals surface area contributed by atoms with Crippen LogP contribution in [0, 0.1) is 14.1 Å². The molecule has 0 aliphatic carbocycles. The summed E-state index contributed by atoms with van der Waals surface area (Å²) in [4.78, 5) is 11.1. The fraction of sp³-hybridized carbons (Fsp3) is 0.0714. The van der Waals surface area contributed by atoms with Gasteiger partial charge in [-0.25, -0.2) is 0 Å². The fourth-order valence-electron chi connectivity index (χ4n) is 1.56. The highest BCUT2D eigenvalue weighted by Crippen LogP contribution is 2.05. The van der Waals surface area contributed by atoms with Gasteiger partial charge in [-0.05, 0) is 30.7 Å². The molecule has 2 aromatic carbocycles. The van der Waals surface area contributed by atoms with E-state index in [1.165, 1.54) is 3.57 Å². The van der Waals surface area contributed by atoms with Crippen molar-refractivity contribution in [2.75, 3.05) is 0 Å². The quantitative estimate of drug-likeness (QED) is 0.639. The first-order valence-corrected chi connectivity index (χ1v) is 7.35. The summed E-state index contributed by atoms with van der Waals surface area (Å²) in [6.07, 6.45) is 0. The zero-order valence-electron chi connectivity index (χ0n) is 9.31. The summed E-state index contributed by atoms with van der Waals surface area (Å²) >= 11 is -0.464. The Balaban J connectivity index is 2.40. The van der Waals surface area contributed by atoms with Gasteiger partial charge in [0.25, 0.3) is 0 Å². The molecule has 2 aromatic rings. The largest absolute Gasteiger partial charge is 0.545 e. The first kappa shape index (κ1) is 12.1. The highest BCUT2D eigenvalue weighted by molar-refractivity contribution is 5.87. The Kier molecular flexibility index (Phi) is 3.78. The Morgan fingerprint density at radius 3 is 2.41 bits per heavy atom. The van der Waals surface area contributed by atoms with Crippen LogP contribution in [0.4, 0.5) is 0 Å². The van der Waals surface area contributed by atoms with Gasteiger partial charge in [-0.3, -0.25) is 0 Å². The van der Waals surface area contributed by atoms with E-state index >= 15 is 0 Å². The van der Waals surface area contributed by atoms with E-state index in [0.29, 0.717) is 5.56 Å². The van der Waals surface area contributed by atoms with Gasteiger partial charge in [-0.15, -0.1) is 0 Å². The van der Waals surface area contributed by atoms with Crippen LogP contribution >= 0.6 is 0 Å². The van der Waals surface area contributed by atoms with Gasteiger partial charge in [0.1, 0.15) is 0 Å². The molecular weight excluding hydrogens is 327 g/mol. The van der Waals surface area contributed by atoms with Crippen molar-refractivity contribution in [1.82, 2.24) is 0 Å². The van der Waals surface area contributed by atoms with E-state index in [0.717, 1.165) is 9.13 Å². The van der Waals surface area contributed by atoms with Crippen molar-refractivity contribution < 1.29 is 31.1 Å². The van der Waals surface area contributed by atoms with E-state index in [1.807, 2.05) is 55.5 Å². The number of hydrogen-bond acceptors (Lipinski definition) is 2. The molecule has 0 amide bonds. The van der Waals surface area contributed by atoms with Gasteiger partial charge in [0, 0.05) is 0 Å². The highest BCUT2D eigenvalue weighted by Gasteiger charge is 2.21. The molecule has 17 heavy (non-hydrogen) atoms. The Morgan fingerprint density at radius 1 is 1.06 bits per heavy atom. The zero-order chi connectivity index (χ0) is 12.3. The number of hydrogen-bond donors (Lipinski definition) is 0. The zero-order valence-corrected chi connectivity index (χ0v) is 11.5. The second kappa shape index (κ2) is 5.31. The molecule has 0 heterocycles. The number of halogens is 1. The van der Waals surface area contributed by atoms with E-state index in [1.54, 1.807) is 0 Å². The molecule has 0 unspecified atom stereocenters. The van der Waals surface area contributed by atoms with Crippen molar-refractivity contribution in [1.29, 1.82) is 0 Å². The smallest absolute Gasteiger partial charge is 0.358 e. The first-order chi connectivity index (χ1) is 8.18. The molecule has 0 aliphatic rings. The Labute approximate surface area is 111 Å². The van der Waals surface area contributed by atoms with Crippen molar-refractivity contribution in [3.63, 3.8) is 0 Å². The molecule has 0 saturated heterocycles. The molecule has 0 spiro atoms. The van der Waals surface area contributed by atoms with Crippen molar-refractivity contribution in [2.45, 2.75) is 6.92 Å². The van der Waals surface area contributed by atoms with Gasteiger partial charge in [-0.1, -0.05) is 30.3 Å². The predicted molar refractivity (Wildman–Crippen MR) is 59.3 cm³/mol. The van der Waals surface area contributed by atoms with Gasteiger partial charge < -0.3 is 9.90 Å². The van der Waals surface area contributed by atoms with Crippen LogP contribution in [0.1, 0.15) is 15.9 Å². The monoisotopic (exact) mass is 338 g/mol. The van der Waals surface area contributed by atoms with Crippen LogP contribution in [0.3, 0.4) is 0 Å². The van der Waals surface area contributed by atoms with E-state index in [4.69, 9.17) is 0 Å². The number of carboxylic acids is 1. The molecule has 0 saturated carbocycles. The molecule has 0 aliphatic heterocycles. The fourth-order valence-corrected chi connectivity index (χ4v) is 4.31. The maximum Gasteiger partial charge on any atom is 0.358 e. The van der Waals surface area contributed by atoms with Gasteiger partial charge in [-0.2, -0.15) is 0 Å². The van der Waals surface area contributed by atoms with Crippen LogP contribution in [-0.2, 0) is 0 Å². The summed E-state index contributed by atoms with van der Waals surface area (Å²) in [5, 5.41) is 11.1. The lowest BCUT2D eigenvalue weighted by Gasteiger charge is -2.05. The van der Waals surface area contributed by atoms with Gasteiger partial charge in [0.2, 0.25) is 3.57 Å². The predicted octanol–water partition coefficient (Wildman–Crippen LogP) is -1.51. The average molecular weight is 338 g/mol. The SMILES string of the molecule is Cc1cccc([I+]c2ccccc2)c1C(=O)[O-]. The molecule has 0 aromatic heterocycles. The lowest BCUT2D eigenvalue weighted by atomic mass is 10.1. The summed E-state index contributed by atoms with van der Waals surface area (Å²) in [5.41, 5.74) is 1.14. The normalized spacial score (nSPS) is 10.2. The van der Waals surface area contributed by atoms with E-state index in [-0.39, 0.29) is 0 Å². The van der Waals surface area contributed by atoms with Gasteiger partial charge >= 0.3 is 21.2 Å². The van der Waals surface area contributed by atoms with Crippen molar-refractivity contribution in [2.24, 2.45) is 0 Å². The Bertz CT molecular complexity index is 535. The van der Waals surface area contributed by atoms with Crippen LogP contribution in [0.5, 0.6) is 0 Å². The summed E-state index contributed by atoms with van der Waals surface area (Å²) in [6, 6.07) is 15.6. The number of carbonyl (C=O) groups excluding carboxylic acids is 1. The molecule has 0 fully saturated rings. The molecule has 2 nitrogen and oxygen atoms in total. The highest BCUT2D eigenvalue weighted by atomic mass is 127. The molecule has 3 heteroatoms. The first-order valence-electron chi connectivity index (χ1n) is 5.19. The van der Waals surface area contributed by atoms with E-state index < -0.39 is 27.2 Å². The number of carboxylic acid groups (broad SMARTS) is 1. The van der Waals surface area contributed by atoms with Crippen LogP contribution < -0.4 is 26.3 Å². The lowest BCUT2D eigenvalue weighted by Crippen LogP contribution is -3.61. The molecular formula is C14H11IO2. The molecule has 0 N–H and O–H groups in total. The maximum atomic E-state index is 11.1. The summed E-state index contributed by atoms with van der Waals surface area (Å²) < 4.78 is 2.12. The Hall–Kier alpha value is -1.36. The maximum absolute atomic E-state index is 11.1.